The molecule has 3 nitrogen and oxygen atoms in total. The maximum Gasteiger partial charge on any atom is 0.143 e. The monoisotopic (exact) mass is 215 g/mol. The molecule has 16 heavy (non-hydrogen) atoms. The normalized spacial score (nSPS) is 10.7. The van der Waals surface area contributed by atoms with Crippen molar-refractivity contribution in [3.8, 4) is 0 Å². The smallest absolute Gasteiger partial charge is 0.143 e. The SMILES string of the molecule is CCCc1cc2cccc(C)c2nc1NN. The van der Waals surface area contributed by atoms with Gasteiger partial charge in [0.1, 0.15) is 5.82 Å². The average molecular weight is 215 g/mol. The van der Waals surface area contributed by atoms with Gasteiger partial charge >= 0.3 is 0 Å². The van der Waals surface area contributed by atoms with Crippen molar-refractivity contribution in [2.75, 3.05) is 5.43 Å². The second-order valence-corrected chi connectivity index (χ2v) is 4.04. The second-order valence-electron chi connectivity index (χ2n) is 4.04. The van der Waals surface area contributed by atoms with E-state index in [2.05, 4.69) is 48.5 Å². The van der Waals surface area contributed by atoms with Crippen molar-refractivity contribution in [2.45, 2.75) is 26.7 Å². The van der Waals surface area contributed by atoms with Crippen LogP contribution in [-0.4, -0.2) is 4.98 Å². The third-order valence-electron chi connectivity index (χ3n) is 2.78. The Hall–Kier alpha value is -1.61. The molecule has 2 aromatic rings. The number of aryl methyl sites for hydroxylation is 2. The number of hydrogen-bond donors (Lipinski definition) is 2. The maximum atomic E-state index is 5.51. The standard InChI is InChI=1S/C13H17N3/c1-3-5-11-8-10-7-4-6-9(2)12(10)15-13(11)16-14/h4,6-8H,3,5,14H2,1-2H3,(H,15,16). The Kier molecular flexibility index (Phi) is 3.06. The van der Waals surface area contributed by atoms with Crippen molar-refractivity contribution < 1.29 is 0 Å². The van der Waals surface area contributed by atoms with Crippen LogP contribution in [0.4, 0.5) is 5.82 Å². The van der Waals surface area contributed by atoms with E-state index >= 15 is 0 Å². The first kappa shape index (κ1) is 10.9. The second kappa shape index (κ2) is 4.49. The molecule has 0 atom stereocenters. The highest BCUT2D eigenvalue weighted by atomic mass is 15.2. The predicted molar refractivity (Wildman–Crippen MR) is 68.3 cm³/mol. The molecule has 2 rings (SSSR count). The first-order valence-electron chi connectivity index (χ1n) is 5.62. The lowest BCUT2D eigenvalue weighted by Gasteiger charge is -2.10. The quantitative estimate of drug-likeness (QED) is 0.611. The van der Waals surface area contributed by atoms with E-state index in [9.17, 15) is 0 Å². The van der Waals surface area contributed by atoms with Crippen LogP contribution in [0.15, 0.2) is 24.3 Å². The van der Waals surface area contributed by atoms with E-state index in [0.717, 1.165) is 24.2 Å². The van der Waals surface area contributed by atoms with Crippen molar-refractivity contribution in [3.63, 3.8) is 0 Å². The van der Waals surface area contributed by atoms with Gasteiger partial charge in [-0.2, -0.15) is 0 Å². The summed E-state index contributed by atoms with van der Waals surface area (Å²) < 4.78 is 0. The van der Waals surface area contributed by atoms with Crippen molar-refractivity contribution >= 4 is 16.7 Å². The highest BCUT2D eigenvalue weighted by Crippen LogP contribution is 2.23. The van der Waals surface area contributed by atoms with E-state index < -0.39 is 0 Å². The minimum atomic E-state index is 0.795. The molecule has 1 aromatic carbocycles. The lowest BCUT2D eigenvalue weighted by Crippen LogP contribution is -2.11. The molecule has 0 saturated carbocycles. The van der Waals surface area contributed by atoms with E-state index in [1.54, 1.807) is 0 Å². The molecule has 0 aliphatic rings. The molecule has 0 bridgehead atoms. The number of para-hydroxylation sites is 1. The van der Waals surface area contributed by atoms with Crippen LogP contribution >= 0.6 is 0 Å². The van der Waals surface area contributed by atoms with Gasteiger partial charge in [0.2, 0.25) is 0 Å². The fourth-order valence-electron chi connectivity index (χ4n) is 1.98. The molecule has 3 heteroatoms. The van der Waals surface area contributed by atoms with Crippen molar-refractivity contribution in [1.29, 1.82) is 0 Å². The summed E-state index contributed by atoms with van der Waals surface area (Å²) in [6.45, 7) is 4.22. The third-order valence-corrected chi connectivity index (χ3v) is 2.78. The number of nitrogen functional groups attached to an aromatic ring is 1. The summed E-state index contributed by atoms with van der Waals surface area (Å²) in [4.78, 5) is 4.58. The Labute approximate surface area is 95.7 Å². The molecule has 0 aliphatic carbocycles. The van der Waals surface area contributed by atoms with Gasteiger partial charge in [0.25, 0.3) is 0 Å². The average Bonchev–Trinajstić information content (AvgIpc) is 2.29. The number of pyridine rings is 1. The van der Waals surface area contributed by atoms with Crippen LogP contribution in [0.3, 0.4) is 0 Å². The van der Waals surface area contributed by atoms with Crippen LogP contribution in [-0.2, 0) is 6.42 Å². The number of nitrogens with two attached hydrogens (primary N) is 1. The molecule has 1 heterocycles. The van der Waals surface area contributed by atoms with E-state index in [0.29, 0.717) is 0 Å². The van der Waals surface area contributed by atoms with Gasteiger partial charge in [0, 0.05) is 5.39 Å². The predicted octanol–water partition coefficient (Wildman–Crippen LogP) is 2.78. The van der Waals surface area contributed by atoms with Crippen LogP contribution in [0.2, 0.25) is 0 Å². The zero-order valence-corrected chi connectivity index (χ0v) is 9.75. The van der Waals surface area contributed by atoms with Crippen LogP contribution in [0.5, 0.6) is 0 Å². The van der Waals surface area contributed by atoms with Crippen molar-refractivity contribution in [1.82, 2.24) is 4.98 Å². The van der Waals surface area contributed by atoms with E-state index in [1.165, 1.54) is 16.5 Å². The molecule has 0 unspecified atom stereocenters. The number of anilines is 1. The first-order chi connectivity index (χ1) is 7.76. The highest BCUT2D eigenvalue weighted by molar-refractivity contribution is 5.84. The summed E-state index contributed by atoms with van der Waals surface area (Å²) in [6, 6.07) is 8.39. The largest absolute Gasteiger partial charge is 0.308 e. The van der Waals surface area contributed by atoms with Crippen LogP contribution < -0.4 is 11.3 Å². The maximum absolute atomic E-state index is 5.51. The van der Waals surface area contributed by atoms with E-state index in [-0.39, 0.29) is 0 Å². The Bertz CT molecular complexity index is 506. The summed E-state index contributed by atoms with van der Waals surface area (Å²) in [6.07, 6.45) is 2.09. The Morgan fingerprint density at radius 1 is 1.38 bits per heavy atom. The first-order valence-corrected chi connectivity index (χ1v) is 5.62. The summed E-state index contributed by atoms with van der Waals surface area (Å²) >= 11 is 0. The summed E-state index contributed by atoms with van der Waals surface area (Å²) in [5.74, 6) is 6.30. The van der Waals surface area contributed by atoms with Gasteiger partial charge in [-0.05, 0) is 30.5 Å². The number of hydrogen-bond acceptors (Lipinski definition) is 3. The van der Waals surface area contributed by atoms with Crippen LogP contribution in [0, 0.1) is 6.92 Å². The van der Waals surface area contributed by atoms with Crippen LogP contribution in [0.25, 0.3) is 10.9 Å². The molecule has 3 N–H and O–H groups in total. The minimum absolute atomic E-state index is 0.795. The number of aromatic nitrogens is 1. The van der Waals surface area contributed by atoms with Gasteiger partial charge in [0.15, 0.2) is 0 Å². The van der Waals surface area contributed by atoms with Gasteiger partial charge in [-0.1, -0.05) is 31.5 Å². The fraction of sp³-hybridized carbons (Fsp3) is 0.308. The number of hydrazine groups is 1. The van der Waals surface area contributed by atoms with Crippen molar-refractivity contribution in [3.05, 3.63) is 35.4 Å². The highest BCUT2D eigenvalue weighted by Gasteiger charge is 2.06. The number of nitrogens with one attached hydrogen (secondary N) is 1. The number of rotatable bonds is 3. The lowest BCUT2D eigenvalue weighted by molar-refractivity contribution is 0.917. The zero-order chi connectivity index (χ0) is 11.5. The molecule has 0 fully saturated rings. The summed E-state index contributed by atoms with van der Waals surface area (Å²) in [5.41, 5.74) is 6.07. The van der Waals surface area contributed by atoms with Crippen LogP contribution in [0.1, 0.15) is 24.5 Å². The molecular formula is C13H17N3. The molecule has 0 aliphatic heterocycles. The fourth-order valence-corrected chi connectivity index (χ4v) is 1.98. The number of nitrogens with zero attached hydrogens (tertiary/aromatic N) is 1. The molecule has 0 amide bonds. The zero-order valence-electron chi connectivity index (χ0n) is 9.75. The minimum Gasteiger partial charge on any atom is -0.308 e. The van der Waals surface area contributed by atoms with Gasteiger partial charge in [-0.25, -0.2) is 10.8 Å². The van der Waals surface area contributed by atoms with Gasteiger partial charge in [-0.3, -0.25) is 0 Å². The molecule has 1 aromatic heterocycles. The topological polar surface area (TPSA) is 50.9 Å². The summed E-state index contributed by atoms with van der Waals surface area (Å²) in [5, 5.41) is 1.18. The molecule has 0 spiro atoms. The Morgan fingerprint density at radius 2 is 2.19 bits per heavy atom. The molecular weight excluding hydrogens is 198 g/mol. The van der Waals surface area contributed by atoms with Crippen molar-refractivity contribution in [2.24, 2.45) is 5.84 Å². The number of fused-ring (bicyclic) bond motifs is 1. The third kappa shape index (κ3) is 1.86. The lowest BCUT2D eigenvalue weighted by atomic mass is 10.1. The van der Waals surface area contributed by atoms with Gasteiger partial charge < -0.3 is 5.43 Å². The van der Waals surface area contributed by atoms with E-state index in [1.807, 2.05) is 0 Å². The molecule has 84 valence electrons. The molecule has 0 radical (unpaired) electrons. The molecule has 0 saturated heterocycles. The number of benzene rings is 1. The Balaban J connectivity index is 2.65. The van der Waals surface area contributed by atoms with Gasteiger partial charge in [0.05, 0.1) is 5.52 Å². The Morgan fingerprint density at radius 3 is 2.88 bits per heavy atom. The van der Waals surface area contributed by atoms with E-state index in [4.69, 9.17) is 5.84 Å². The summed E-state index contributed by atoms with van der Waals surface area (Å²) in [7, 11) is 0. The van der Waals surface area contributed by atoms with Gasteiger partial charge in [-0.15, -0.1) is 0 Å².